The van der Waals surface area contributed by atoms with Crippen LogP contribution in [0.15, 0.2) is 53.4 Å². The van der Waals surface area contributed by atoms with E-state index in [1.807, 2.05) is 12.1 Å². The Morgan fingerprint density at radius 2 is 2.13 bits per heavy atom. The lowest BCUT2D eigenvalue weighted by Crippen LogP contribution is -2.36. The minimum absolute atomic E-state index is 0.186. The predicted octanol–water partition coefficient (Wildman–Crippen LogP) is 3.33. The zero-order valence-electron chi connectivity index (χ0n) is 16.7. The number of pyridine rings is 1. The first kappa shape index (κ1) is 19.9. The van der Waals surface area contributed by atoms with E-state index in [1.165, 1.54) is 21.8 Å². The Kier molecular flexibility index (Phi) is 5.29. The van der Waals surface area contributed by atoms with Crippen LogP contribution >= 0.6 is 11.3 Å². The first-order valence-electron chi connectivity index (χ1n) is 10.2. The summed E-state index contributed by atoms with van der Waals surface area (Å²) in [4.78, 5) is 24.9. The first-order valence-corrected chi connectivity index (χ1v) is 11.0. The summed E-state index contributed by atoms with van der Waals surface area (Å²) in [6.07, 6.45) is 9.71. The number of fused-ring (bicyclic) bond motifs is 1. The fraction of sp³-hybridized carbons (Fsp3) is 0.318. The molecule has 1 aliphatic heterocycles. The first-order chi connectivity index (χ1) is 15.1. The SMILES string of the molecule is O=c1c(O)c(-c2ncc(CC3C=CC(F)=CC3)s2)nc2ccc(N3CCOCC3)cn12. The lowest BCUT2D eigenvalue weighted by Gasteiger charge is -2.28. The number of nitrogens with zero attached hydrogens (tertiary/aromatic N) is 4. The molecule has 1 fully saturated rings. The molecule has 1 aliphatic carbocycles. The van der Waals surface area contributed by atoms with Crippen LogP contribution in [-0.4, -0.2) is 45.8 Å². The quantitative estimate of drug-likeness (QED) is 0.670. The van der Waals surface area contributed by atoms with E-state index in [9.17, 15) is 14.3 Å². The van der Waals surface area contributed by atoms with Gasteiger partial charge in [0.05, 0.1) is 18.9 Å². The largest absolute Gasteiger partial charge is 0.501 e. The van der Waals surface area contributed by atoms with E-state index in [2.05, 4.69) is 14.9 Å². The number of hydrogen-bond donors (Lipinski definition) is 1. The van der Waals surface area contributed by atoms with Gasteiger partial charge in [-0.05, 0) is 43.0 Å². The number of hydrogen-bond acceptors (Lipinski definition) is 7. The molecule has 0 spiro atoms. The van der Waals surface area contributed by atoms with E-state index in [0.29, 0.717) is 36.7 Å². The molecule has 3 aromatic rings. The Labute approximate surface area is 181 Å². The summed E-state index contributed by atoms with van der Waals surface area (Å²) < 4.78 is 19.9. The van der Waals surface area contributed by atoms with Gasteiger partial charge >= 0.3 is 5.56 Å². The number of thiazole rings is 1. The van der Waals surface area contributed by atoms with Gasteiger partial charge in [-0.1, -0.05) is 6.08 Å². The van der Waals surface area contributed by atoms with E-state index in [4.69, 9.17) is 4.74 Å². The molecule has 1 unspecified atom stereocenters. The third-order valence-electron chi connectivity index (χ3n) is 5.52. The van der Waals surface area contributed by atoms with Crippen LogP contribution in [0.5, 0.6) is 5.75 Å². The van der Waals surface area contributed by atoms with Crippen LogP contribution in [0.1, 0.15) is 11.3 Å². The average Bonchev–Trinajstić information content (AvgIpc) is 3.26. The summed E-state index contributed by atoms with van der Waals surface area (Å²) in [6, 6.07) is 3.70. The van der Waals surface area contributed by atoms with Gasteiger partial charge < -0.3 is 14.7 Å². The highest BCUT2D eigenvalue weighted by atomic mass is 32.1. The molecule has 3 aromatic heterocycles. The molecule has 0 radical (unpaired) electrons. The van der Waals surface area contributed by atoms with Crippen molar-refractivity contribution in [1.82, 2.24) is 14.4 Å². The van der Waals surface area contributed by atoms with Crippen molar-refractivity contribution in [2.24, 2.45) is 5.92 Å². The average molecular weight is 441 g/mol. The fourth-order valence-electron chi connectivity index (χ4n) is 3.84. The van der Waals surface area contributed by atoms with Gasteiger partial charge in [-0.2, -0.15) is 0 Å². The zero-order chi connectivity index (χ0) is 21.4. The summed E-state index contributed by atoms with van der Waals surface area (Å²) in [5.74, 6) is -0.418. The van der Waals surface area contributed by atoms with Gasteiger partial charge in [-0.3, -0.25) is 9.20 Å². The lowest BCUT2D eigenvalue weighted by molar-refractivity contribution is 0.122. The molecular formula is C22H21FN4O3S. The number of ether oxygens (including phenoxy) is 1. The molecule has 31 heavy (non-hydrogen) atoms. The molecule has 1 saturated heterocycles. The molecule has 0 saturated carbocycles. The maximum Gasteiger partial charge on any atom is 0.300 e. The summed E-state index contributed by atoms with van der Waals surface area (Å²) >= 11 is 1.39. The predicted molar refractivity (Wildman–Crippen MR) is 117 cm³/mol. The van der Waals surface area contributed by atoms with Crippen LogP contribution in [0.25, 0.3) is 16.3 Å². The Bertz CT molecular complexity index is 1240. The fourth-order valence-corrected chi connectivity index (χ4v) is 4.83. The van der Waals surface area contributed by atoms with Crippen LogP contribution in [0.4, 0.5) is 10.1 Å². The van der Waals surface area contributed by atoms with Crippen LogP contribution in [0.2, 0.25) is 0 Å². The highest BCUT2D eigenvalue weighted by Gasteiger charge is 2.19. The van der Waals surface area contributed by atoms with Crippen molar-refractivity contribution in [3.63, 3.8) is 0 Å². The molecule has 9 heteroatoms. The summed E-state index contributed by atoms with van der Waals surface area (Å²) in [7, 11) is 0. The standard InChI is InChI=1S/C22H21FN4O3S/c23-15-3-1-14(2-4-15)11-17-12-24-21(31-17)19-20(28)22(29)27-13-16(5-6-18(27)25-19)26-7-9-30-10-8-26/h1,3-6,12-14,28H,2,7-11H2. The van der Waals surface area contributed by atoms with Crippen molar-refractivity contribution < 1.29 is 14.2 Å². The smallest absolute Gasteiger partial charge is 0.300 e. The molecule has 0 aromatic carbocycles. The maximum atomic E-state index is 13.2. The minimum Gasteiger partial charge on any atom is -0.501 e. The molecule has 5 rings (SSSR count). The van der Waals surface area contributed by atoms with Crippen molar-refractivity contribution in [2.75, 3.05) is 31.2 Å². The topological polar surface area (TPSA) is 80.0 Å². The molecule has 160 valence electrons. The van der Waals surface area contributed by atoms with Gasteiger partial charge in [0.15, 0.2) is 0 Å². The van der Waals surface area contributed by atoms with E-state index in [1.54, 1.807) is 24.5 Å². The number of aromatic nitrogens is 3. The maximum absolute atomic E-state index is 13.2. The van der Waals surface area contributed by atoms with Crippen molar-refractivity contribution in [1.29, 1.82) is 0 Å². The van der Waals surface area contributed by atoms with Gasteiger partial charge in [-0.15, -0.1) is 11.3 Å². The second-order valence-corrected chi connectivity index (χ2v) is 8.72. The van der Waals surface area contributed by atoms with Crippen LogP contribution in [0, 0.1) is 5.92 Å². The van der Waals surface area contributed by atoms with Gasteiger partial charge in [0.25, 0.3) is 0 Å². The Hall–Kier alpha value is -3.04. The van der Waals surface area contributed by atoms with Crippen LogP contribution < -0.4 is 10.5 Å². The molecule has 4 heterocycles. The molecule has 7 nitrogen and oxygen atoms in total. The van der Waals surface area contributed by atoms with Crippen molar-refractivity contribution in [3.05, 3.63) is 63.8 Å². The molecule has 0 amide bonds. The monoisotopic (exact) mass is 440 g/mol. The summed E-state index contributed by atoms with van der Waals surface area (Å²) in [6.45, 7) is 2.78. The summed E-state index contributed by atoms with van der Waals surface area (Å²) in [5, 5.41) is 11.1. The van der Waals surface area contributed by atoms with E-state index >= 15 is 0 Å². The van der Waals surface area contributed by atoms with Crippen molar-refractivity contribution >= 4 is 22.7 Å². The Morgan fingerprint density at radius 3 is 2.90 bits per heavy atom. The summed E-state index contributed by atoms with van der Waals surface area (Å²) in [5.41, 5.74) is 0.991. The third-order valence-corrected chi connectivity index (χ3v) is 6.55. The zero-order valence-corrected chi connectivity index (χ0v) is 17.5. The van der Waals surface area contributed by atoms with Gasteiger partial charge in [0, 0.05) is 30.4 Å². The number of aromatic hydroxyl groups is 1. The lowest BCUT2D eigenvalue weighted by atomic mass is 9.96. The Morgan fingerprint density at radius 1 is 1.29 bits per heavy atom. The normalized spacial score (nSPS) is 19.1. The molecule has 0 bridgehead atoms. The number of anilines is 1. The van der Waals surface area contributed by atoms with Crippen LogP contribution in [0.3, 0.4) is 0 Å². The second-order valence-electron chi connectivity index (χ2n) is 7.61. The van der Waals surface area contributed by atoms with Crippen molar-refractivity contribution in [2.45, 2.75) is 12.8 Å². The van der Waals surface area contributed by atoms with Gasteiger partial charge in [0.1, 0.15) is 22.2 Å². The van der Waals surface area contributed by atoms with E-state index in [-0.39, 0.29) is 17.4 Å². The Balaban J connectivity index is 1.44. The van der Waals surface area contributed by atoms with E-state index in [0.717, 1.165) is 23.7 Å². The third kappa shape index (κ3) is 3.98. The molecular weight excluding hydrogens is 419 g/mol. The molecule has 1 atom stereocenters. The number of morpholine rings is 1. The number of allylic oxidation sites excluding steroid dienone is 4. The highest BCUT2D eigenvalue weighted by molar-refractivity contribution is 7.15. The van der Waals surface area contributed by atoms with Gasteiger partial charge in [0.2, 0.25) is 5.75 Å². The minimum atomic E-state index is -0.525. The van der Waals surface area contributed by atoms with Crippen LogP contribution in [-0.2, 0) is 11.2 Å². The van der Waals surface area contributed by atoms with E-state index < -0.39 is 11.3 Å². The second kappa shape index (κ2) is 8.24. The number of halogens is 1. The molecule has 1 N–H and O–H groups in total. The number of rotatable bonds is 4. The highest BCUT2D eigenvalue weighted by Crippen LogP contribution is 2.31. The van der Waals surface area contributed by atoms with Gasteiger partial charge in [-0.25, -0.2) is 14.4 Å². The van der Waals surface area contributed by atoms with Crippen molar-refractivity contribution in [3.8, 4) is 16.5 Å². The molecule has 2 aliphatic rings.